The number of ether oxygens (including phenoxy) is 1. The highest BCUT2D eigenvalue weighted by atomic mass is 19.1. The smallest absolute Gasteiger partial charge is 0.342 e. The van der Waals surface area contributed by atoms with Gasteiger partial charge in [-0.15, -0.1) is 0 Å². The number of piperidine rings is 1. The maximum Gasteiger partial charge on any atom is 0.342 e. The Bertz CT molecular complexity index is 1120. The Morgan fingerprint density at radius 2 is 1.69 bits per heavy atom. The normalized spacial score (nSPS) is 14.4. The number of rotatable bonds is 5. The standard InChI is InChI=1S/C25H26FN3O3/c1-17-23(18(2)29(27-17)16-19-8-4-3-5-9-19)25(31)32-20-12-14-28(15-13-20)24(30)21-10-6-7-11-22(21)26/h3-11,20H,12-16H2,1-2H3. The van der Waals surface area contributed by atoms with Gasteiger partial charge in [-0.3, -0.25) is 9.48 Å². The van der Waals surface area contributed by atoms with Crippen molar-refractivity contribution in [3.05, 3.63) is 88.5 Å². The second-order valence-electron chi connectivity index (χ2n) is 8.07. The first-order chi connectivity index (χ1) is 15.4. The third kappa shape index (κ3) is 4.56. The van der Waals surface area contributed by atoms with Crippen molar-refractivity contribution < 1.29 is 18.7 Å². The zero-order chi connectivity index (χ0) is 22.7. The summed E-state index contributed by atoms with van der Waals surface area (Å²) in [6, 6.07) is 15.9. The van der Waals surface area contributed by atoms with E-state index in [2.05, 4.69) is 5.10 Å². The predicted octanol–water partition coefficient (Wildman–Crippen LogP) is 4.15. The second-order valence-corrected chi connectivity index (χ2v) is 8.07. The van der Waals surface area contributed by atoms with Gasteiger partial charge in [0.15, 0.2) is 0 Å². The Morgan fingerprint density at radius 1 is 1.03 bits per heavy atom. The lowest BCUT2D eigenvalue weighted by atomic mass is 10.1. The van der Waals surface area contributed by atoms with Crippen LogP contribution in [0.4, 0.5) is 4.39 Å². The van der Waals surface area contributed by atoms with Gasteiger partial charge >= 0.3 is 5.97 Å². The molecule has 4 rings (SSSR count). The first kappa shape index (κ1) is 21.7. The van der Waals surface area contributed by atoms with Crippen LogP contribution < -0.4 is 0 Å². The number of carbonyl (C=O) groups is 2. The zero-order valence-electron chi connectivity index (χ0n) is 18.3. The van der Waals surface area contributed by atoms with E-state index in [4.69, 9.17) is 4.74 Å². The number of esters is 1. The molecule has 3 aromatic rings. The number of benzene rings is 2. The fraction of sp³-hybridized carbons (Fsp3) is 0.320. The molecular weight excluding hydrogens is 409 g/mol. The molecule has 0 N–H and O–H groups in total. The van der Waals surface area contributed by atoms with E-state index >= 15 is 0 Å². The molecule has 1 aliphatic heterocycles. The molecule has 0 spiro atoms. The summed E-state index contributed by atoms with van der Waals surface area (Å²) in [5, 5.41) is 4.52. The molecule has 6 nitrogen and oxygen atoms in total. The van der Waals surface area contributed by atoms with Gasteiger partial charge in [0.25, 0.3) is 5.91 Å². The van der Waals surface area contributed by atoms with Crippen LogP contribution in [0.2, 0.25) is 0 Å². The quantitative estimate of drug-likeness (QED) is 0.565. The van der Waals surface area contributed by atoms with Crippen molar-refractivity contribution in [2.24, 2.45) is 0 Å². The highest BCUT2D eigenvalue weighted by Crippen LogP contribution is 2.21. The van der Waals surface area contributed by atoms with Crippen LogP contribution >= 0.6 is 0 Å². The zero-order valence-corrected chi connectivity index (χ0v) is 18.3. The van der Waals surface area contributed by atoms with Crippen molar-refractivity contribution in [3.63, 3.8) is 0 Å². The van der Waals surface area contributed by atoms with Crippen LogP contribution in [0.5, 0.6) is 0 Å². The summed E-state index contributed by atoms with van der Waals surface area (Å²) >= 11 is 0. The van der Waals surface area contributed by atoms with E-state index < -0.39 is 11.8 Å². The molecule has 0 radical (unpaired) electrons. The number of aromatic nitrogens is 2. The van der Waals surface area contributed by atoms with E-state index in [0.29, 0.717) is 43.7 Å². The summed E-state index contributed by atoms with van der Waals surface area (Å²) in [4.78, 5) is 27.1. The van der Waals surface area contributed by atoms with Crippen LogP contribution in [0.15, 0.2) is 54.6 Å². The molecule has 0 aliphatic carbocycles. The number of aryl methyl sites for hydroxylation is 1. The minimum absolute atomic E-state index is 0.0695. The van der Waals surface area contributed by atoms with Crippen LogP contribution in [0, 0.1) is 19.7 Å². The predicted molar refractivity (Wildman–Crippen MR) is 118 cm³/mol. The molecule has 0 atom stereocenters. The molecule has 1 aromatic heterocycles. The number of amides is 1. The van der Waals surface area contributed by atoms with Crippen molar-refractivity contribution >= 4 is 11.9 Å². The van der Waals surface area contributed by atoms with Crippen molar-refractivity contribution in [2.45, 2.75) is 39.3 Å². The van der Waals surface area contributed by atoms with Crippen LogP contribution in [0.25, 0.3) is 0 Å². The molecule has 0 saturated carbocycles. The molecule has 1 fully saturated rings. The van der Waals surface area contributed by atoms with Gasteiger partial charge in [-0.2, -0.15) is 5.10 Å². The first-order valence-corrected chi connectivity index (χ1v) is 10.8. The number of carbonyl (C=O) groups excluding carboxylic acids is 2. The summed E-state index contributed by atoms with van der Waals surface area (Å²) in [5.41, 5.74) is 3.06. The lowest BCUT2D eigenvalue weighted by Gasteiger charge is -2.31. The molecule has 1 amide bonds. The van der Waals surface area contributed by atoms with Gasteiger partial charge in [-0.1, -0.05) is 42.5 Å². The molecule has 2 aromatic carbocycles. The van der Waals surface area contributed by atoms with Gasteiger partial charge in [0.1, 0.15) is 17.5 Å². The summed E-state index contributed by atoms with van der Waals surface area (Å²) < 4.78 is 21.5. The molecule has 0 bridgehead atoms. The summed E-state index contributed by atoms with van der Waals surface area (Å²) in [6.07, 6.45) is 0.744. The Hall–Kier alpha value is -3.48. The maximum atomic E-state index is 13.9. The molecule has 32 heavy (non-hydrogen) atoms. The van der Waals surface area contributed by atoms with Crippen molar-refractivity contribution in [1.82, 2.24) is 14.7 Å². The Labute approximate surface area is 186 Å². The first-order valence-electron chi connectivity index (χ1n) is 10.8. The monoisotopic (exact) mass is 435 g/mol. The molecule has 2 heterocycles. The van der Waals surface area contributed by atoms with Gasteiger partial charge in [0.05, 0.1) is 23.5 Å². The van der Waals surface area contributed by atoms with E-state index in [1.165, 1.54) is 12.1 Å². The largest absolute Gasteiger partial charge is 0.459 e. The lowest BCUT2D eigenvalue weighted by Crippen LogP contribution is -2.41. The van der Waals surface area contributed by atoms with Crippen LogP contribution in [-0.4, -0.2) is 45.8 Å². The molecular formula is C25H26FN3O3. The molecule has 1 saturated heterocycles. The summed E-state index contributed by atoms with van der Waals surface area (Å²) in [5.74, 6) is -1.25. The second kappa shape index (κ2) is 9.34. The van der Waals surface area contributed by atoms with E-state index in [9.17, 15) is 14.0 Å². The van der Waals surface area contributed by atoms with E-state index in [0.717, 1.165) is 11.3 Å². The number of likely N-dealkylation sites (tertiary alicyclic amines) is 1. The molecule has 1 aliphatic rings. The van der Waals surface area contributed by atoms with Crippen molar-refractivity contribution in [1.29, 1.82) is 0 Å². The highest BCUT2D eigenvalue weighted by Gasteiger charge is 2.29. The van der Waals surface area contributed by atoms with Gasteiger partial charge in [0, 0.05) is 25.9 Å². The van der Waals surface area contributed by atoms with Crippen LogP contribution in [0.1, 0.15) is 50.5 Å². The molecule has 7 heteroatoms. The van der Waals surface area contributed by atoms with Crippen molar-refractivity contribution in [2.75, 3.05) is 13.1 Å². The number of halogens is 1. The fourth-order valence-electron chi connectivity index (χ4n) is 4.09. The van der Waals surface area contributed by atoms with Gasteiger partial charge < -0.3 is 9.64 Å². The van der Waals surface area contributed by atoms with Crippen molar-refractivity contribution in [3.8, 4) is 0 Å². The fourth-order valence-corrected chi connectivity index (χ4v) is 4.09. The topological polar surface area (TPSA) is 64.4 Å². The van der Waals surface area contributed by atoms with Crippen LogP contribution in [-0.2, 0) is 11.3 Å². The van der Waals surface area contributed by atoms with Crippen LogP contribution in [0.3, 0.4) is 0 Å². The van der Waals surface area contributed by atoms with Gasteiger partial charge in [-0.05, 0) is 31.5 Å². The SMILES string of the molecule is Cc1nn(Cc2ccccc2)c(C)c1C(=O)OC1CCN(C(=O)c2ccccc2F)CC1. The Balaban J connectivity index is 1.37. The average Bonchev–Trinajstić information content (AvgIpc) is 3.07. The Kier molecular flexibility index (Phi) is 6.35. The Morgan fingerprint density at radius 3 is 2.38 bits per heavy atom. The molecule has 0 unspecified atom stereocenters. The minimum atomic E-state index is -0.524. The van der Waals surface area contributed by atoms with E-state index in [-0.39, 0.29) is 17.6 Å². The highest BCUT2D eigenvalue weighted by molar-refractivity contribution is 5.94. The van der Waals surface area contributed by atoms with Gasteiger partial charge in [-0.25, -0.2) is 9.18 Å². The minimum Gasteiger partial charge on any atom is -0.459 e. The van der Waals surface area contributed by atoms with E-state index in [1.807, 2.05) is 41.9 Å². The van der Waals surface area contributed by atoms with E-state index in [1.54, 1.807) is 24.0 Å². The summed E-state index contributed by atoms with van der Waals surface area (Å²) in [7, 11) is 0. The molecule has 166 valence electrons. The third-order valence-corrected chi connectivity index (χ3v) is 5.87. The summed E-state index contributed by atoms with van der Waals surface area (Å²) in [6.45, 7) is 5.08. The van der Waals surface area contributed by atoms with Gasteiger partial charge in [0.2, 0.25) is 0 Å². The average molecular weight is 435 g/mol. The lowest BCUT2D eigenvalue weighted by molar-refractivity contribution is 0.0119. The number of nitrogens with zero attached hydrogens (tertiary/aromatic N) is 3. The number of hydrogen-bond donors (Lipinski definition) is 0. The third-order valence-electron chi connectivity index (χ3n) is 5.87. The number of hydrogen-bond acceptors (Lipinski definition) is 4. The maximum absolute atomic E-state index is 13.9.